The number of hydrogen-bond acceptors (Lipinski definition) is 9. The summed E-state index contributed by atoms with van der Waals surface area (Å²) >= 11 is 1.38. The second-order valence-corrected chi connectivity index (χ2v) is 9.66. The zero-order chi connectivity index (χ0) is 20.6. The zero-order valence-electron chi connectivity index (χ0n) is 16.1. The number of oxime groups is 1. The molecule has 152 valence electrons. The van der Waals surface area contributed by atoms with Crippen LogP contribution in [0.1, 0.15) is 26.0 Å². The first-order chi connectivity index (χ1) is 13.8. The second kappa shape index (κ2) is 7.56. The molecule has 0 atom stereocenters. The van der Waals surface area contributed by atoms with Crippen LogP contribution in [0.15, 0.2) is 40.3 Å². The first kappa shape index (κ1) is 19.5. The number of hydrogen-bond donors (Lipinski definition) is 0. The summed E-state index contributed by atoms with van der Waals surface area (Å²) < 4.78 is 31.5. The van der Waals surface area contributed by atoms with Crippen molar-refractivity contribution in [3.63, 3.8) is 0 Å². The smallest absolute Gasteiger partial charge is 0.241 e. The molecule has 0 aliphatic carbocycles. The van der Waals surface area contributed by atoms with Crippen LogP contribution in [-0.2, 0) is 14.9 Å². The van der Waals surface area contributed by atoms with E-state index >= 15 is 0 Å². The van der Waals surface area contributed by atoms with Crippen molar-refractivity contribution < 1.29 is 17.7 Å². The summed E-state index contributed by atoms with van der Waals surface area (Å²) in [6.07, 6.45) is 6.48. The summed E-state index contributed by atoms with van der Waals surface area (Å²) in [5, 5.41) is 4.92. The Kier molecular flexibility index (Phi) is 5.09. The van der Waals surface area contributed by atoms with E-state index in [1.807, 2.05) is 26.0 Å². The van der Waals surface area contributed by atoms with Gasteiger partial charge in [-0.15, -0.1) is 11.3 Å². The van der Waals surface area contributed by atoms with Crippen molar-refractivity contribution in [2.75, 3.05) is 17.1 Å². The molecule has 1 aliphatic heterocycles. The highest BCUT2D eigenvalue weighted by atomic mass is 32.2. The molecule has 0 unspecified atom stereocenters. The summed E-state index contributed by atoms with van der Waals surface area (Å²) in [7, 11) is -3.52. The van der Waals surface area contributed by atoms with E-state index in [2.05, 4.69) is 20.1 Å². The first-order valence-corrected chi connectivity index (χ1v) is 11.6. The van der Waals surface area contributed by atoms with Gasteiger partial charge >= 0.3 is 0 Å². The lowest BCUT2D eigenvalue weighted by atomic mass is 10.1. The van der Waals surface area contributed by atoms with E-state index in [9.17, 15) is 8.42 Å². The molecule has 0 bridgehead atoms. The molecule has 3 aromatic rings. The van der Waals surface area contributed by atoms with Crippen LogP contribution in [0.2, 0.25) is 0 Å². The van der Waals surface area contributed by atoms with Crippen molar-refractivity contribution >= 4 is 33.0 Å². The molecule has 0 N–H and O–H groups in total. The Labute approximate surface area is 172 Å². The molecule has 4 heterocycles. The molecule has 0 spiro atoms. The molecule has 4 rings (SSSR count). The molecule has 0 saturated heterocycles. The van der Waals surface area contributed by atoms with Gasteiger partial charge in [-0.25, -0.2) is 22.7 Å². The van der Waals surface area contributed by atoms with Gasteiger partial charge in [-0.2, -0.15) is 0 Å². The van der Waals surface area contributed by atoms with E-state index in [0.29, 0.717) is 22.7 Å². The van der Waals surface area contributed by atoms with Crippen LogP contribution in [0.3, 0.4) is 0 Å². The molecule has 0 amide bonds. The van der Waals surface area contributed by atoms with Crippen LogP contribution in [0.4, 0.5) is 5.88 Å². The number of nitrogens with zero attached hydrogens (tertiary/aromatic N) is 5. The third-order valence-electron chi connectivity index (χ3n) is 4.06. The molecule has 1 aliphatic rings. The number of thiazole rings is 1. The highest BCUT2D eigenvalue weighted by Gasteiger charge is 2.34. The van der Waals surface area contributed by atoms with Crippen molar-refractivity contribution in [3.05, 3.63) is 36.4 Å². The molecule has 0 fully saturated rings. The van der Waals surface area contributed by atoms with Gasteiger partial charge in [0.1, 0.15) is 21.7 Å². The fraction of sp³-hybridized carbons (Fsp3) is 0.333. The number of pyridine rings is 1. The van der Waals surface area contributed by atoms with Crippen molar-refractivity contribution in [2.24, 2.45) is 5.16 Å². The van der Waals surface area contributed by atoms with Crippen LogP contribution in [-0.4, -0.2) is 48.0 Å². The minimum absolute atomic E-state index is 0.103. The Hall–Kier alpha value is -2.79. The Bertz CT molecular complexity index is 1150. The first-order valence-electron chi connectivity index (χ1n) is 8.91. The van der Waals surface area contributed by atoms with E-state index in [1.54, 1.807) is 18.6 Å². The Morgan fingerprint density at radius 2 is 2.17 bits per heavy atom. The Morgan fingerprint density at radius 3 is 2.86 bits per heavy atom. The summed E-state index contributed by atoms with van der Waals surface area (Å²) in [5.41, 5.74) is 1.81. The number of rotatable bonds is 5. The molecular weight excluding hydrogens is 414 g/mol. The maximum absolute atomic E-state index is 12.2. The average molecular weight is 434 g/mol. The fourth-order valence-corrected chi connectivity index (χ4v) is 4.45. The van der Waals surface area contributed by atoms with Crippen LogP contribution in [0, 0.1) is 0 Å². The fourth-order valence-electron chi connectivity index (χ4n) is 2.77. The predicted octanol–water partition coefficient (Wildman–Crippen LogP) is 3.16. The standard InChI is InChI=1S/C18H19N5O4S2/c1-11(2)27-22-13-6-8-23(29(3,24)25)18-15(13)21-16(26-18)14-10-20-17(28-14)12-5-4-7-19-9-12/h4-5,7,9-11H,6,8H2,1-3H3/b22-13+. The SMILES string of the molecule is CC(C)O/N=C1\CCN(S(C)(=O)=O)c2oc(-c3cnc(-c4cccnc4)s3)nc21. The summed E-state index contributed by atoms with van der Waals surface area (Å²) in [6.45, 7) is 3.94. The van der Waals surface area contributed by atoms with Gasteiger partial charge in [0.25, 0.3) is 0 Å². The van der Waals surface area contributed by atoms with E-state index in [0.717, 1.165) is 16.8 Å². The Balaban J connectivity index is 1.76. The number of sulfonamides is 1. The van der Waals surface area contributed by atoms with Gasteiger partial charge in [0.05, 0.1) is 12.5 Å². The van der Waals surface area contributed by atoms with Crippen molar-refractivity contribution in [1.29, 1.82) is 0 Å². The summed E-state index contributed by atoms with van der Waals surface area (Å²) in [5.74, 6) is 0.437. The normalized spacial score (nSPS) is 15.7. The van der Waals surface area contributed by atoms with Gasteiger partial charge < -0.3 is 9.25 Å². The number of aromatic nitrogens is 3. The molecule has 0 saturated carbocycles. The molecule has 0 radical (unpaired) electrons. The number of oxazole rings is 1. The lowest BCUT2D eigenvalue weighted by Gasteiger charge is -2.24. The number of fused-ring (bicyclic) bond motifs is 1. The van der Waals surface area contributed by atoms with Gasteiger partial charge in [-0.3, -0.25) is 4.98 Å². The highest BCUT2D eigenvalue weighted by Crippen LogP contribution is 2.37. The number of anilines is 1. The van der Waals surface area contributed by atoms with E-state index < -0.39 is 10.0 Å². The highest BCUT2D eigenvalue weighted by molar-refractivity contribution is 7.92. The average Bonchev–Trinajstić information content (AvgIpc) is 3.33. The van der Waals surface area contributed by atoms with Gasteiger partial charge in [-0.05, 0) is 26.0 Å². The summed E-state index contributed by atoms with van der Waals surface area (Å²) in [4.78, 5) is 19.1. The van der Waals surface area contributed by atoms with Crippen LogP contribution in [0.25, 0.3) is 21.3 Å². The molecule has 9 nitrogen and oxygen atoms in total. The maximum Gasteiger partial charge on any atom is 0.241 e. The third-order valence-corrected chi connectivity index (χ3v) is 6.24. The lowest BCUT2D eigenvalue weighted by molar-refractivity contribution is 0.0855. The quantitative estimate of drug-likeness (QED) is 0.568. The van der Waals surface area contributed by atoms with Crippen molar-refractivity contribution in [2.45, 2.75) is 26.4 Å². The molecule has 3 aromatic heterocycles. The minimum atomic E-state index is -3.52. The minimum Gasteiger partial charge on any atom is -0.418 e. The zero-order valence-corrected chi connectivity index (χ0v) is 17.7. The van der Waals surface area contributed by atoms with E-state index in [4.69, 9.17) is 9.25 Å². The van der Waals surface area contributed by atoms with E-state index in [1.165, 1.54) is 15.6 Å². The van der Waals surface area contributed by atoms with Crippen molar-refractivity contribution in [3.8, 4) is 21.3 Å². The van der Waals surface area contributed by atoms with Crippen LogP contribution < -0.4 is 4.31 Å². The largest absolute Gasteiger partial charge is 0.418 e. The van der Waals surface area contributed by atoms with Crippen molar-refractivity contribution in [1.82, 2.24) is 15.0 Å². The van der Waals surface area contributed by atoms with E-state index in [-0.39, 0.29) is 24.4 Å². The molecule has 29 heavy (non-hydrogen) atoms. The second-order valence-electron chi connectivity index (χ2n) is 6.72. The topological polar surface area (TPSA) is 111 Å². The van der Waals surface area contributed by atoms with Gasteiger partial charge in [0, 0.05) is 30.9 Å². The van der Waals surface area contributed by atoms with Crippen LogP contribution in [0.5, 0.6) is 0 Å². The lowest BCUT2D eigenvalue weighted by Crippen LogP contribution is -2.36. The summed E-state index contributed by atoms with van der Waals surface area (Å²) in [6, 6.07) is 3.75. The van der Waals surface area contributed by atoms with Gasteiger partial charge in [-0.1, -0.05) is 5.16 Å². The van der Waals surface area contributed by atoms with Gasteiger partial charge in [0.15, 0.2) is 5.69 Å². The Morgan fingerprint density at radius 1 is 1.34 bits per heavy atom. The maximum atomic E-state index is 12.2. The van der Waals surface area contributed by atoms with Crippen LogP contribution >= 0.6 is 11.3 Å². The molecule has 0 aromatic carbocycles. The molecular formula is C18H19N5O4S2. The monoisotopic (exact) mass is 433 g/mol. The molecule has 11 heteroatoms. The van der Waals surface area contributed by atoms with Gasteiger partial charge in [0.2, 0.25) is 21.8 Å². The predicted molar refractivity (Wildman–Crippen MR) is 110 cm³/mol. The third kappa shape index (κ3) is 4.01.